The Bertz CT molecular complexity index is 790. The number of sulfonamides is 1. The van der Waals surface area contributed by atoms with E-state index < -0.39 is 10.0 Å². The van der Waals surface area contributed by atoms with Gasteiger partial charge < -0.3 is 9.64 Å². The first kappa shape index (κ1) is 19.0. The van der Waals surface area contributed by atoms with Crippen LogP contribution in [0.1, 0.15) is 12.5 Å². The van der Waals surface area contributed by atoms with Gasteiger partial charge in [0.15, 0.2) is 0 Å². The molecule has 2 rings (SSSR count). The van der Waals surface area contributed by atoms with Crippen LogP contribution in [0.5, 0.6) is 5.75 Å². The van der Waals surface area contributed by atoms with Gasteiger partial charge in [0.05, 0.1) is 6.26 Å². The van der Waals surface area contributed by atoms with E-state index in [1.54, 1.807) is 24.3 Å². The third-order valence-corrected chi connectivity index (χ3v) is 4.20. The SMILES string of the molecule is CC(=O)N(CCNS(C)(=O)=O)c1ccc(OCc2ccccc2)cc1. The highest BCUT2D eigenvalue weighted by atomic mass is 32.2. The van der Waals surface area contributed by atoms with Gasteiger partial charge in [-0.15, -0.1) is 0 Å². The zero-order valence-corrected chi connectivity index (χ0v) is 15.1. The van der Waals surface area contributed by atoms with Crippen LogP contribution in [0, 0.1) is 0 Å². The van der Waals surface area contributed by atoms with Crippen molar-refractivity contribution in [2.24, 2.45) is 0 Å². The molecule has 0 aliphatic heterocycles. The molecule has 0 aromatic heterocycles. The number of rotatable bonds is 8. The van der Waals surface area contributed by atoms with Crippen LogP contribution in [-0.2, 0) is 21.4 Å². The minimum Gasteiger partial charge on any atom is -0.489 e. The summed E-state index contributed by atoms with van der Waals surface area (Å²) in [5.41, 5.74) is 1.76. The Morgan fingerprint density at radius 2 is 1.72 bits per heavy atom. The maximum Gasteiger partial charge on any atom is 0.223 e. The molecule has 0 unspecified atom stereocenters. The summed E-state index contributed by atoms with van der Waals surface area (Å²) in [6.07, 6.45) is 1.09. The van der Waals surface area contributed by atoms with Crippen molar-refractivity contribution in [2.45, 2.75) is 13.5 Å². The number of amides is 1. The molecule has 7 heteroatoms. The number of nitrogens with zero attached hydrogens (tertiary/aromatic N) is 1. The Kier molecular flexibility index (Phi) is 6.55. The Morgan fingerprint density at radius 1 is 1.08 bits per heavy atom. The molecule has 0 heterocycles. The van der Waals surface area contributed by atoms with Gasteiger partial charge in [0.2, 0.25) is 15.9 Å². The third-order valence-electron chi connectivity index (χ3n) is 3.48. The number of benzene rings is 2. The van der Waals surface area contributed by atoms with Crippen LogP contribution in [0.4, 0.5) is 5.69 Å². The molecule has 0 fully saturated rings. The van der Waals surface area contributed by atoms with Crippen LogP contribution >= 0.6 is 0 Å². The van der Waals surface area contributed by atoms with Crippen molar-refractivity contribution in [2.75, 3.05) is 24.2 Å². The van der Waals surface area contributed by atoms with Gasteiger partial charge >= 0.3 is 0 Å². The molecule has 1 N–H and O–H groups in total. The van der Waals surface area contributed by atoms with Crippen LogP contribution in [0.3, 0.4) is 0 Å². The molecule has 0 saturated carbocycles. The standard InChI is InChI=1S/C18H22N2O4S/c1-15(21)20(13-12-19-25(2,22)23)17-8-10-18(11-9-17)24-14-16-6-4-3-5-7-16/h3-11,19H,12-14H2,1-2H3. The van der Waals surface area contributed by atoms with Crippen molar-refractivity contribution < 1.29 is 17.9 Å². The lowest BCUT2D eigenvalue weighted by atomic mass is 10.2. The molecule has 2 aromatic carbocycles. The molecule has 6 nitrogen and oxygen atoms in total. The Hall–Kier alpha value is -2.38. The minimum atomic E-state index is -3.28. The zero-order valence-electron chi connectivity index (χ0n) is 14.3. The van der Waals surface area contributed by atoms with E-state index in [2.05, 4.69) is 4.72 Å². The Morgan fingerprint density at radius 3 is 2.28 bits per heavy atom. The average Bonchev–Trinajstić information content (AvgIpc) is 2.57. The summed E-state index contributed by atoms with van der Waals surface area (Å²) in [6, 6.07) is 17.0. The largest absolute Gasteiger partial charge is 0.489 e. The fourth-order valence-electron chi connectivity index (χ4n) is 2.27. The second-order valence-corrected chi connectivity index (χ2v) is 7.44. The second-order valence-electron chi connectivity index (χ2n) is 5.61. The van der Waals surface area contributed by atoms with Crippen molar-refractivity contribution in [1.29, 1.82) is 0 Å². The first-order valence-electron chi connectivity index (χ1n) is 7.85. The van der Waals surface area contributed by atoms with Crippen LogP contribution in [0.25, 0.3) is 0 Å². The quantitative estimate of drug-likeness (QED) is 0.781. The summed E-state index contributed by atoms with van der Waals surface area (Å²) in [5.74, 6) is 0.540. The number of carbonyl (C=O) groups is 1. The van der Waals surface area contributed by atoms with Gasteiger partial charge in [-0.25, -0.2) is 13.1 Å². The maximum atomic E-state index is 11.8. The van der Waals surface area contributed by atoms with E-state index in [1.807, 2.05) is 30.3 Å². The number of hydrogen-bond acceptors (Lipinski definition) is 4. The molecule has 0 saturated heterocycles. The van der Waals surface area contributed by atoms with Gasteiger partial charge in [0, 0.05) is 25.7 Å². The lowest BCUT2D eigenvalue weighted by molar-refractivity contribution is -0.116. The normalized spacial score (nSPS) is 11.1. The van der Waals surface area contributed by atoms with Gasteiger partial charge in [-0.1, -0.05) is 30.3 Å². The molecule has 0 radical (unpaired) electrons. The van der Waals surface area contributed by atoms with E-state index in [-0.39, 0.29) is 19.0 Å². The zero-order chi connectivity index (χ0) is 18.3. The smallest absolute Gasteiger partial charge is 0.223 e. The first-order valence-corrected chi connectivity index (χ1v) is 9.74. The van der Waals surface area contributed by atoms with Crippen molar-refractivity contribution in [1.82, 2.24) is 4.72 Å². The molecule has 0 aliphatic carbocycles. The van der Waals surface area contributed by atoms with Crippen molar-refractivity contribution >= 4 is 21.6 Å². The number of ether oxygens (including phenoxy) is 1. The topological polar surface area (TPSA) is 75.7 Å². The molecule has 134 valence electrons. The summed E-state index contributed by atoms with van der Waals surface area (Å²) in [7, 11) is -3.28. The van der Waals surface area contributed by atoms with E-state index in [0.717, 1.165) is 11.8 Å². The lowest BCUT2D eigenvalue weighted by Gasteiger charge is -2.21. The maximum absolute atomic E-state index is 11.8. The van der Waals surface area contributed by atoms with Gasteiger partial charge in [-0.05, 0) is 29.8 Å². The number of nitrogens with one attached hydrogen (secondary N) is 1. The van der Waals surface area contributed by atoms with Crippen LogP contribution in [0.2, 0.25) is 0 Å². The highest BCUT2D eigenvalue weighted by molar-refractivity contribution is 7.88. The van der Waals surface area contributed by atoms with Crippen molar-refractivity contribution in [3.05, 3.63) is 60.2 Å². The summed E-state index contributed by atoms with van der Waals surface area (Å²) >= 11 is 0. The molecule has 0 atom stereocenters. The van der Waals surface area contributed by atoms with E-state index >= 15 is 0 Å². The molecular formula is C18H22N2O4S. The minimum absolute atomic E-state index is 0.157. The van der Waals surface area contributed by atoms with Crippen LogP contribution < -0.4 is 14.4 Å². The summed E-state index contributed by atoms with van der Waals surface area (Å²) in [6.45, 7) is 2.33. The van der Waals surface area contributed by atoms with Crippen LogP contribution in [-0.4, -0.2) is 33.7 Å². The first-order chi connectivity index (χ1) is 11.8. The fourth-order valence-corrected chi connectivity index (χ4v) is 2.74. The molecule has 25 heavy (non-hydrogen) atoms. The molecule has 2 aromatic rings. The lowest BCUT2D eigenvalue weighted by Crippen LogP contribution is -2.37. The van der Waals surface area contributed by atoms with Gasteiger partial charge in [-0.2, -0.15) is 0 Å². The number of hydrogen-bond donors (Lipinski definition) is 1. The van der Waals surface area contributed by atoms with Crippen molar-refractivity contribution in [3.63, 3.8) is 0 Å². The van der Waals surface area contributed by atoms with E-state index in [4.69, 9.17) is 4.74 Å². The number of carbonyl (C=O) groups excluding carboxylic acids is 1. The van der Waals surface area contributed by atoms with Crippen LogP contribution in [0.15, 0.2) is 54.6 Å². The highest BCUT2D eigenvalue weighted by Gasteiger charge is 2.12. The summed E-state index contributed by atoms with van der Waals surface area (Å²) in [4.78, 5) is 13.3. The second kappa shape index (κ2) is 8.64. The molecule has 0 bridgehead atoms. The van der Waals surface area contributed by atoms with Gasteiger partial charge in [0.25, 0.3) is 0 Å². The Labute approximate surface area is 148 Å². The van der Waals surface area contributed by atoms with E-state index in [0.29, 0.717) is 18.0 Å². The summed E-state index contributed by atoms with van der Waals surface area (Å²) in [5, 5.41) is 0. The fraction of sp³-hybridized carbons (Fsp3) is 0.278. The predicted molar refractivity (Wildman–Crippen MR) is 98.1 cm³/mol. The van der Waals surface area contributed by atoms with E-state index in [9.17, 15) is 13.2 Å². The molecule has 0 aliphatic rings. The van der Waals surface area contributed by atoms with E-state index in [1.165, 1.54) is 11.8 Å². The monoisotopic (exact) mass is 362 g/mol. The Balaban J connectivity index is 1.96. The highest BCUT2D eigenvalue weighted by Crippen LogP contribution is 2.20. The van der Waals surface area contributed by atoms with Crippen molar-refractivity contribution in [3.8, 4) is 5.75 Å². The predicted octanol–water partition coefficient (Wildman–Crippen LogP) is 2.17. The third kappa shape index (κ3) is 6.56. The van der Waals surface area contributed by atoms with Gasteiger partial charge in [0.1, 0.15) is 12.4 Å². The molecule has 1 amide bonds. The number of anilines is 1. The average molecular weight is 362 g/mol. The molecular weight excluding hydrogens is 340 g/mol. The van der Waals surface area contributed by atoms with Gasteiger partial charge in [-0.3, -0.25) is 4.79 Å². The molecule has 0 spiro atoms. The summed E-state index contributed by atoms with van der Waals surface area (Å²) < 4.78 is 30.3.